The number of hydrogen-bond acceptors (Lipinski definition) is 6. The van der Waals surface area contributed by atoms with Gasteiger partial charge in [0.05, 0.1) is 16.3 Å². The Labute approximate surface area is 158 Å². The highest BCUT2D eigenvalue weighted by Gasteiger charge is 2.26. The number of nitrogens with one attached hydrogen (secondary N) is 3. The third-order valence-corrected chi connectivity index (χ3v) is 4.89. The standard InChI is InChI=1S/C16H14F2N6O3S/c17-15(18)28(26,27)12-6-4-11(5-7-12)22-23-16(25)21-13-3-1-8-19-14(13)24-10-2-9-20-24/h1-10,15,22H,(H2,21,23,25). The van der Waals surface area contributed by atoms with E-state index in [4.69, 9.17) is 0 Å². The van der Waals surface area contributed by atoms with E-state index in [1.807, 2.05) is 0 Å². The summed E-state index contributed by atoms with van der Waals surface area (Å²) in [6.45, 7) is 0. The van der Waals surface area contributed by atoms with Gasteiger partial charge in [-0.15, -0.1) is 0 Å². The van der Waals surface area contributed by atoms with Crippen LogP contribution in [0.3, 0.4) is 0 Å². The van der Waals surface area contributed by atoms with Crippen LogP contribution in [0.15, 0.2) is 66.0 Å². The summed E-state index contributed by atoms with van der Waals surface area (Å²) in [6.07, 6.45) is 4.78. The van der Waals surface area contributed by atoms with E-state index in [2.05, 4.69) is 26.3 Å². The Morgan fingerprint density at radius 1 is 1.07 bits per heavy atom. The number of hydrazine groups is 1. The largest absolute Gasteiger partial charge is 0.341 e. The van der Waals surface area contributed by atoms with Crippen LogP contribution in [-0.2, 0) is 9.84 Å². The van der Waals surface area contributed by atoms with Crippen molar-refractivity contribution in [3.63, 3.8) is 0 Å². The molecule has 0 aliphatic heterocycles. The first-order valence-corrected chi connectivity index (χ1v) is 9.33. The number of aromatic nitrogens is 3. The molecule has 3 rings (SSSR count). The zero-order chi connectivity index (χ0) is 20.1. The number of carbonyl (C=O) groups excluding carboxylic acids is 1. The van der Waals surface area contributed by atoms with Crippen molar-refractivity contribution >= 4 is 27.2 Å². The van der Waals surface area contributed by atoms with Gasteiger partial charge in [-0.3, -0.25) is 10.9 Å². The molecule has 2 aromatic heterocycles. The SMILES string of the molecule is O=C(NNc1ccc(S(=O)(=O)C(F)F)cc1)Nc1cccnc1-n1cccn1. The molecular formula is C16H14F2N6O3S. The van der Waals surface area contributed by atoms with E-state index in [1.54, 1.807) is 36.8 Å². The Balaban J connectivity index is 1.63. The van der Waals surface area contributed by atoms with E-state index >= 15 is 0 Å². The van der Waals surface area contributed by atoms with Gasteiger partial charge >= 0.3 is 11.8 Å². The number of halogens is 2. The van der Waals surface area contributed by atoms with E-state index in [0.29, 0.717) is 17.2 Å². The number of amides is 2. The van der Waals surface area contributed by atoms with Gasteiger partial charge in [-0.05, 0) is 42.5 Å². The fraction of sp³-hybridized carbons (Fsp3) is 0.0625. The van der Waals surface area contributed by atoms with Crippen LogP contribution in [0.1, 0.15) is 0 Å². The van der Waals surface area contributed by atoms with Crippen LogP contribution in [0.4, 0.5) is 25.0 Å². The molecule has 9 nitrogen and oxygen atoms in total. The van der Waals surface area contributed by atoms with Crippen LogP contribution in [0.2, 0.25) is 0 Å². The lowest BCUT2D eigenvalue weighted by Crippen LogP contribution is -2.34. The Kier molecular flexibility index (Phi) is 5.49. The monoisotopic (exact) mass is 408 g/mol. The Hall–Kier alpha value is -3.54. The molecule has 2 amide bonds. The fourth-order valence-corrected chi connectivity index (χ4v) is 2.91. The van der Waals surface area contributed by atoms with E-state index < -0.39 is 26.5 Å². The Bertz CT molecular complexity index is 1060. The molecule has 0 aliphatic carbocycles. The number of pyridine rings is 1. The number of alkyl halides is 2. The smallest absolute Gasteiger partial charge is 0.303 e. The van der Waals surface area contributed by atoms with Crippen LogP contribution >= 0.6 is 0 Å². The molecule has 0 radical (unpaired) electrons. The second kappa shape index (κ2) is 8.00. The maximum Gasteiger partial charge on any atom is 0.341 e. The molecule has 0 saturated carbocycles. The summed E-state index contributed by atoms with van der Waals surface area (Å²) in [7, 11) is -4.67. The van der Waals surface area contributed by atoms with Gasteiger partial charge < -0.3 is 5.32 Å². The summed E-state index contributed by atoms with van der Waals surface area (Å²) < 4.78 is 49.3. The lowest BCUT2D eigenvalue weighted by Gasteiger charge is -2.12. The first kappa shape index (κ1) is 19.2. The number of nitrogens with zero attached hydrogens (tertiary/aromatic N) is 3. The summed E-state index contributed by atoms with van der Waals surface area (Å²) in [5, 5.41) is 6.64. The average Bonchev–Trinajstić information content (AvgIpc) is 3.21. The molecule has 0 fully saturated rings. The van der Waals surface area contributed by atoms with Crippen molar-refractivity contribution in [1.29, 1.82) is 0 Å². The molecule has 3 aromatic rings. The molecule has 146 valence electrons. The van der Waals surface area contributed by atoms with Crippen molar-refractivity contribution in [1.82, 2.24) is 20.2 Å². The number of rotatable bonds is 6. The van der Waals surface area contributed by atoms with Gasteiger partial charge in [-0.2, -0.15) is 13.9 Å². The predicted molar refractivity (Wildman–Crippen MR) is 96.8 cm³/mol. The average molecular weight is 408 g/mol. The number of urea groups is 1. The third-order valence-electron chi connectivity index (χ3n) is 3.49. The summed E-state index contributed by atoms with van der Waals surface area (Å²) in [5.41, 5.74) is 5.57. The fourth-order valence-electron chi connectivity index (χ4n) is 2.18. The highest BCUT2D eigenvalue weighted by molar-refractivity contribution is 7.91. The molecule has 3 N–H and O–H groups in total. The highest BCUT2D eigenvalue weighted by atomic mass is 32.2. The van der Waals surface area contributed by atoms with Crippen LogP contribution < -0.4 is 16.2 Å². The van der Waals surface area contributed by atoms with Crippen molar-refractivity contribution in [3.8, 4) is 5.82 Å². The van der Waals surface area contributed by atoms with Crippen LogP contribution in [0, 0.1) is 0 Å². The van der Waals surface area contributed by atoms with Crippen molar-refractivity contribution in [2.45, 2.75) is 10.7 Å². The van der Waals surface area contributed by atoms with Crippen molar-refractivity contribution in [2.75, 3.05) is 10.7 Å². The number of sulfone groups is 1. The van der Waals surface area contributed by atoms with Gasteiger partial charge in [0.15, 0.2) is 5.82 Å². The normalized spacial score (nSPS) is 11.2. The molecule has 0 atom stereocenters. The summed E-state index contributed by atoms with van der Waals surface area (Å²) in [5.74, 6) is -3.09. The summed E-state index contributed by atoms with van der Waals surface area (Å²) >= 11 is 0. The predicted octanol–water partition coefficient (Wildman–Crippen LogP) is 2.41. The molecule has 0 bridgehead atoms. The van der Waals surface area contributed by atoms with Gasteiger partial charge in [0.1, 0.15) is 0 Å². The molecule has 0 unspecified atom stereocenters. The number of hydrogen-bond donors (Lipinski definition) is 3. The molecule has 2 heterocycles. The van der Waals surface area contributed by atoms with E-state index in [0.717, 1.165) is 12.1 Å². The van der Waals surface area contributed by atoms with Crippen molar-refractivity contribution < 1.29 is 22.0 Å². The molecule has 0 spiro atoms. The first-order valence-electron chi connectivity index (χ1n) is 7.78. The summed E-state index contributed by atoms with van der Waals surface area (Å²) in [6, 6.07) is 8.86. The Morgan fingerprint density at radius 3 is 2.46 bits per heavy atom. The van der Waals surface area contributed by atoms with Crippen molar-refractivity contribution in [3.05, 3.63) is 61.1 Å². The van der Waals surface area contributed by atoms with Crippen LogP contribution in [0.5, 0.6) is 0 Å². The third kappa shape index (κ3) is 4.23. The maximum atomic E-state index is 12.5. The number of benzene rings is 1. The lowest BCUT2D eigenvalue weighted by atomic mass is 10.3. The van der Waals surface area contributed by atoms with E-state index in [9.17, 15) is 22.0 Å². The highest BCUT2D eigenvalue weighted by Crippen LogP contribution is 2.20. The first-order chi connectivity index (χ1) is 13.4. The molecular weight excluding hydrogens is 394 g/mol. The number of anilines is 2. The van der Waals surface area contributed by atoms with Gasteiger partial charge in [-0.25, -0.2) is 22.9 Å². The van der Waals surface area contributed by atoms with Gasteiger partial charge in [-0.1, -0.05) is 0 Å². The molecule has 0 saturated heterocycles. The Morgan fingerprint density at radius 2 is 1.82 bits per heavy atom. The minimum atomic E-state index is -4.67. The minimum Gasteiger partial charge on any atom is -0.303 e. The molecule has 1 aromatic carbocycles. The van der Waals surface area contributed by atoms with Crippen molar-refractivity contribution in [2.24, 2.45) is 0 Å². The molecule has 12 heteroatoms. The van der Waals surface area contributed by atoms with Gasteiger partial charge in [0.2, 0.25) is 9.84 Å². The quantitative estimate of drug-likeness (QED) is 0.539. The van der Waals surface area contributed by atoms with Gasteiger partial charge in [0, 0.05) is 18.6 Å². The topological polar surface area (TPSA) is 118 Å². The second-order valence-corrected chi connectivity index (χ2v) is 7.28. The second-order valence-electron chi connectivity index (χ2n) is 5.36. The van der Waals surface area contributed by atoms with Gasteiger partial charge in [0.25, 0.3) is 0 Å². The lowest BCUT2D eigenvalue weighted by molar-refractivity contribution is 0.234. The van der Waals surface area contributed by atoms with E-state index in [1.165, 1.54) is 16.8 Å². The minimum absolute atomic E-state index is 0.293. The summed E-state index contributed by atoms with van der Waals surface area (Å²) in [4.78, 5) is 15.7. The maximum absolute atomic E-state index is 12.5. The zero-order valence-electron chi connectivity index (χ0n) is 14.1. The van der Waals surface area contributed by atoms with Crippen LogP contribution in [0.25, 0.3) is 5.82 Å². The molecule has 28 heavy (non-hydrogen) atoms. The molecule has 0 aliphatic rings. The van der Waals surface area contributed by atoms with E-state index in [-0.39, 0.29) is 0 Å². The van der Waals surface area contributed by atoms with Crippen LogP contribution in [-0.4, -0.2) is 35.0 Å². The zero-order valence-corrected chi connectivity index (χ0v) is 14.9. The number of carbonyl (C=O) groups is 1.